The van der Waals surface area contributed by atoms with Crippen molar-refractivity contribution in [1.82, 2.24) is 20.0 Å². The van der Waals surface area contributed by atoms with Crippen molar-refractivity contribution in [1.29, 1.82) is 0 Å². The zero-order chi connectivity index (χ0) is 16.2. The monoisotopic (exact) mass is 308 g/mol. The molecule has 0 aliphatic rings. The summed E-state index contributed by atoms with van der Waals surface area (Å²) in [6.07, 6.45) is 3.86. The summed E-state index contributed by atoms with van der Waals surface area (Å²) >= 11 is 0. The molecule has 1 aromatic carbocycles. The zero-order valence-electron chi connectivity index (χ0n) is 12.0. The molecule has 7 nitrogen and oxygen atoms in total. The van der Waals surface area contributed by atoms with Crippen LogP contribution < -0.4 is 0 Å². The summed E-state index contributed by atoms with van der Waals surface area (Å²) < 4.78 is 1.53. The number of carbonyl (C=O) groups excluding carboxylic acids is 1. The van der Waals surface area contributed by atoms with Gasteiger partial charge in [0.15, 0.2) is 12.0 Å². The molecular weight excluding hydrogens is 296 g/mol. The number of aromatic nitrogens is 4. The molecule has 0 atom stereocenters. The van der Waals surface area contributed by atoms with Crippen LogP contribution in [0, 0.1) is 0 Å². The average molecular weight is 308 g/mol. The fourth-order valence-corrected chi connectivity index (χ4v) is 2.26. The van der Waals surface area contributed by atoms with Crippen LogP contribution in [0.3, 0.4) is 0 Å². The van der Waals surface area contributed by atoms with Crippen molar-refractivity contribution in [2.45, 2.75) is 6.42 Å². The molecule has 0 bridgehead atoms. The van der Waals surface area contributed by atoms with Crippen molar-refractivity contribution in [3.8, 4) is 16.9 Å². The number of carboxylic acids is 1. The van der Waals surface area contributed by atoms with Crippen molar-refractivity contribution < 1.29 is 14.7 Å². The average Bonchev–Trinajstić information content (AvgIpc) is 3.00. The van der Waals surface area contributed by atoms with Crippen LogP contribution in [0.4, 0.5) is 0 Å². The van der Waals surface area contributed by atoms with E-state index < -0.39 is 5.97 Å². The van der Waals surface area contributed by atoms with Gasteiger partial charge in [0.1, 0.15) is 5.69 Å². The molecule has 0 saturated heterocycles. The summed E-state index contributed by atoms with van der Waals surface area (Å²) in [7, 11) is 0. The third kappa shape index (κ3) is 2.98. The molecule has 0 spiro atoms. The second-order valence-corrected chi connectivity index (χ2v) is 4.83. The molecule has 0 aliphatic heterocycles. The van der Waals surface area contributed by atoms with Crippen LogP contribution >= 0.6 is 0 Å². The molecule has 7 heteroatoms. The molecule has 3 aromatic rings. The molecule has 0 fully saturated rings. The molecule has 114 valence electrons. The van der Waals surface area contributed by atoms with Gasteiger partial charge in [0.2, 0.25) is 0 Å². The predicted octanol–water partition coefficient (Wildman–Crippen LogP) is 1.77. The molecule has 0 radical (unpaired) electrons. The maximum atomic E-state index is 11.2. The molecule has 0 saturated carbocycles. The van der Waals surface area contributed by atoms with Gasteiger partial charge in [-0.15, -0.1) is 5.10 Å². The van der Waals surface area contributed by atoms with Gasteiger partial charge in [0.05, 0.1) is 12.1 Å². The normalized spacial score (nSPS) is 10.4. The van der Waals surface area contributed by atoms with Gasteiger partial charge in [0.25, 0.3) is 0 Å². The van der Waals surface area contributed by atoms with Crippen LogP contribution in [0.1, 0.15) is 16.1 Å². The number of aldehydes is 1. The van der Waals surface area contributed by atoms with Crippen LogP contribution in [0.15, 0.2) is 48.8 Å². The van der Waals surface area contributed by atoms with E-state index in [-0.39, 0.29) is 12.1 Å². The second kappa shape index (κ2) is 6.18. The summed E-state index contributed by atoms with van der Waals surface area (Å²) in [6, 6.07) is 10.5. The van der Waals surface area contributed by atoms with Gasteiger partial charge in [-0.1, -0.05) is 17.3 Å². The van der Waals surface area contributed by atoms with Crippen molar-refractivity contribution >= 4 is 12.3 Å². The number of pyridine rings is 1. The summed E-state index contributed by atoms with van der Waals surface area (Å²) in [5.74, 6) is -0.891. The maximum absolute atomic E-state index is 11.2. The Morgan fingerprint density at radius 3 is 2.61 bits per heavy atom. The van der Waals surface area contributed by atoms with E-state index in [0.717, 1.165) is 0 Å². The quantitative estimate of drug-likeness (QED) is 0.721. The Morgan fingerprint density at radius 2 is 2.00 bits per heavy atom. The Hall–Kier alpha value is -3.35. The van der Waals surface area contributed by atoms with Crippen molar-refractivity contribution in [3.63, 3.8) is 0 Å². The maximum Gasteiger partial charge on any atom is 0.307 e. The lowest BCUT2D eigenvalue weighted by Crippen LogP contribution is -2.02. The molecule has 0 aliphatic carbocycles. The van der Waals surface area contributed by atoms with E-state index in [1.807, 2.05) is 6.07 Å². The van der Waals surface area contributed by atoms with Gasteiger partial charge in [-0.05, 0) is 29.8 Å². The number of aliphatic carboxylic acids is 1. The summed E-state index contributed by atoms with van der Waals surface area (Å²) in [4.78, 5) is 26.0. The first kappa shape index (κ1) is 14.6. The van der Waals surface area contributed by atoms with Gasteiger partial charge in [-0.25, -0.2) is 4.68 Å². The standard InChI is InChI=1S/C16H12N4O3/c21-10-14-16(12-2-1-7-17-9-12)20(19-18-14)13-5-3-11(4-6-13)8-15(22)23/h1-7,9-10H,8H2,(H,22,23). The number of benzene rings is 1. The summed E-state index contributed by atoms with van der Waals surface area (Å²) in [5.41, 5.74) is 2.83. The Balaban J connectivity index is 2.05. The third-order valence-electron chi connectivity index (χ3n) is 3.28. The first-order chi connectivity index (χ1) is 11.2. The molecule has 0 amide bonds. The number of carbonyl (C=O) groups is 2. The molecule has 23 heavy (non-hydrogen) atoms. The molecule has 2 heterocycles. The van der Waals surface area contributed by atoms with Crippen LogP contribution in [0.2, 0.25) is 0 Å². The second-order valence-electron chi connectivity index (χ2n) is 4.83. The van der Waals surface area contributed by atoms with E-state index in [0.29, 0.717) is 28.8 Å². The SMILES string of the molecule is O=Cc1nnn(-c2ccc(CC(=O)O)cc2)c1-c1cccnc1. The fraction of sp³-hybridized carbons (Fsp3) is 0.0625. The summed E-state index contributed by atoms with van der Waals surface area (Å²) in [5, 5.41) is 16.7. The van der Waals surface area contributed by atoms with E-state index >= 15 is 0 Å². The molecule has 0 unspecified atom stereocenters. The minimum Gasteiger partial charge on any atom is -0.481 e. The number of rotatable bonds is 5. The largest absolute Gasteiger partial charge is 0.481 e. The van der Waals surface area contributed by atoms with Crippen LogP contribution in [-0.4, -0.2) is 37.3 Å². The number of hydrogen-bond acceptors (Lipinski definition) is 5. The van der Waals surface area contributed by atoms with Crippen molar-refractivity contribution in [2.24, 2.45) is 0 Å². The number of carboxylic acid groups (broad SMARTS) is 1. The van der Waals surface area contributed by atoms with Gasteiger partial charge in [-0.3, -0.25) is 14.6 Å². The molecule has 3 rings (SSSR count). The predicted molar refractivity (Wildman–Crippen MR) is 81.3 cm³/mol. The number of nitrogens with zero attached hydrogens (tertiary/aromatic N) is 4. The van der Waals surface area contributed by atoms with E-state index in [1.54, 1.807) is 42.7 Å². The van der Waals surface area contributed by atoms with E-state index in [9.17, 15) is 9.59 Å². The Kier molecular flexibility index (Phi) is 3.92. The highest BCUT2D eigenvalue weighted by Crippen LogP contribution is 2.23. The van der Waals surface area contributed by atoms with Gasteiger partial charge >= 0.3 is 5.97 Å². The Bertz CT molecular complexity index is 842. The van der Waals surface area contributed by atoms with E-state index in [2.05, 4.69) is 15.3 Å². The molecule has 1 N–H and O–H groups in total. The van der Waals surface area contributed by atoms with E-state index in [1.165, 1.54) is 4.68 Å². The van der Waals surface area contributed by atoms with Crippen molar-refractivity contribution in [3.05, 3.63) is 60.0 Å². The highest BCUT2D eigenvalue weighted by molar-refractivity contribution is 5.83. The zero-order valence-corrected chi connectivity index (χ0v) is 12.0. The first-order valence-corrected chi connectivity index (χ1v) is 6.81. The van der Waals surface area contributed by atoms with Gasteiger partial charge < -0.3 is 5.11 Å². The highest BCUT2D eigenvalue weighted by atomic mass is 16.4. The Morgan fingerprint density at radius 1 is 1.22 bits per heavy atom. The fourth-order valence-electron chi connectivity index (χ4n) is 2.26. The third-order valence-corrected chi connectivity index (χ3v) is 3.28. The van der Waals surface area contributed by atoms with Crippen molar-refractivity contribution in [2.75, 3.05) is 0 Å². The minimum atomic E-state index is -0.891. The summed E-state index contributed by atoms with van der Waals surface area (Å²) in [6.45, 7) is 0. The first-order valence-electron chi connectivity index (χ1n) is 6.81. The smallest absolute Gasteiger partial charge is 0.307 e. The molecular formula is C16H12N4O3. The van der Waals surface area contributed by atoms with Crippen LogP contribution in [-0.2, 0) is 11.2 Å². The number of hydrogen-bond donors (Lipinski definition) is 1. The van der Waals surface area contributed by atoms with Gasteiger partial charge in [-0.2, -0.15) is 0 Å². The lowest BCUT2D eigenvalue weighted by molar-refractivity contribution is -0.136. The Labute approximate surface area is 131 Å². The lowest BCUT2D eigenvalue weighted by Gasteiger charge is -2.07. The van der Waals surface area contributed by atoms with Crippen LogP contribution in [0.25, 0.3) is 16.9 Å². The van der Waals surface area contributed by atoms with Crippen LogP contribution in [0.5, 0.6) is 0 Å². The lowest BCUT2D eigenvalue weighted by atomic mass is 10.1. The topological polar surface area (TPSA) is 98.0 Å². The highest BCUT2D eigenvalue weighted by Gasteiger charge is 2.16. The van der Waals surface area contributed by atoms with Gasteiger partial charge in [0, 0.05) is 18.0 Å². The van der Waals surface area contributed by atoms with E-state index in [4.69, 9.17) is 5.11 Å². The molecule has 2 aromatic heterocycles. The minimum absolute atomic E-state index is 0.0489.